The molecule has 0 spiro atoms. The van der Waals surface area contributed by atoms with Crippen molar-refractivity contribution in [2.75, 3.05) is 14.2 Å². The first-order valence-corrected chi connectivity index (χ1v) is 7.81. The van der Waals surface area contributed by atoms with Crippen LogP contribution in [-0.2, 0) is 9.84 Å². The molecular weight excluding hydrogens is 288 g/mol. The minimum Gasteiger partial charge on any atom is -0.493 e. The fourth-order valence-corrected chi connectivity index (χ4v) is 2.83. The molecular formula is C16H16O4S. The van der Waals surface area contributed by atoms with Crippen LogP contribution in [0.15, 0.2) is 58.8 Å². The number of sulfone groups is 1. The van der Waals surface area contributed by atoms with Gasteiger partial charge in [-0.2, -0.15) is 0 Å². The number of methoxy groups -OCH3 is 2. The lowest BCUT2D eigenvalue weighted by molar-refractivity contribution is 0.354. The van der Waals surface area contributed by atoms with Gasteiger partial charge in [-0.3, -0.25) is 0 Å². The topological polar surface area (TPSA) is 52.6 Å². The van der Waals surface area contributed by atoms with Gasteiger partial charge >= 0.3 is 0 Å². The highest BCUT2D eigenvalue weighted by Crippen LogP contribution is 2.30. The van der Waals surface area contributed by atoms with E-state index in [0.717, 1.165) is 5.56 Å². The van der Waals surface area contributed by atoms with Gasteiger partial charge in [-0.15, -0.1) is 0 Å². The van der Waals surface area contributed by atoms with E-state index in [0.29, 0.717) is 11.5 Å². The molecule has 0 saturated heterocycles. The normalized spacial score (nSPS) is 11.5. The number of rotatable bonds is 5. The molecule has 0 aliphatic heterocycles. The number of hydrogen-bond donors (Lipinski definition) is 0. The Balaban J connectivity index is 2.34. The second-order valence-electron chi connectivity index (χ2n) is 4.28. The van der Waals surface area contributed by atoms with Crippen LogP contribution in [0.5, 0.6) is 11.5 Å². The van der Waals surface area contributed by atoms with Crippen LogP contribution in [0.3, 0.4) is 0 Å². The van der Waals surface area contributed by atoms with Crippen molar-refractivity contribution in [2.24, 2.45) is 0 Å². The smallest absolute Gasteiger partial charge is 0.199 e. The molecule has 0 aromatic heterocycles. The fraction of sp³-hybridized carbons (Fsp3) is 0.125. The summed E-state index contributed by atoms with van der Waals surface area (Å²) in [5, 5.41) is 1.18. The Morgan fingerprint density at radius 2 is 1.57 bits per heavy atom. The van der Waals surface area contributed by atoms with E-state index in [1.54, 1.807) is 12.1 Å². The van der Waals surface area contributed by atoms with Crippen LogP contribution < -0.4 is 9.47 Å². The third-order valence-corrected chi connectivity index (χ3v) is 4.33. The molecule has 0 amide bonds. The summed E-state index contributed by atoms with van der Waals surface area (Å²) in [5.41, 5.74) is 0.821. The summed E-state index contributed by atoms with van der Waals surface area (Å²) in [6.07, 6.45) is 1.56. The molecule has 4 nitrogen and oxygen atoms in total. The maximum Gasteiger partial charge on any atom is 0.199 e. The summed E-state index contributed by atoms with van der Waals surface area (Å²) in [6, 6.07) is 13.8. The Morgan fingerprint density at radius 1 is 0.905 bits per heavy atom. The van der Waals surface area contributed by atoms with E-state index in [9.17, 15) is 8.42 Å². The van der Waals surface area contributed by atoms with Gasteiger partial charge in [-0.25, -0.2) is 8.42 Å². The van der Waals surface area contributed by atoms with E-state index in [1.807, 2.05) is 30.3 Å². The van der Waals surface area contributed by atoms with Crippen molar-refractivity contribution in [2.45, 2.75) is 4.90 Å². The monoisotopic (exact) mass is 304 g/mol. The van der Waals surface area contributed by atoms with E-state index in [-0.39, 0.29) is 4.90 Å². The molecule has 2 rings (SSSR count). The Morgan fingerprint density at radius 3 is 2.19 bits per heavy atom. The van der Waals surface area contributed by atoms with Crippen molar-refractivity contribution in [1.82, 2.24) is 0 Å². The first kappa shape index (κ1) is 15.1. The molecule has 0 aliphatic carbocycles. The lowest BCUT2D eigenvalue weighted by Gasteiger charge is -2.08. The third-order valence-electron chi connectivity index (χ3n) is 2.92. The van der Waals surface area contributed by atoms with Gasteiger partial charge in [0.25, 0.3) is 0 Å². The molecule has 0 fully saturated rings. The molecule has 2 aromatic carbocycles. The maximum atomic E-state index is 12.3. The zero-order valence-electron chi connectivity index (χ0n) is 11.8. The lowest BCUT2D eigenvalue weighted by Crippen LogP contribution is -1.98. The van der Waals surface area contributed by atoms with Gasteiger partial charge in [-0.1, -0.05) is 30.3 Å². The van der Waals surface area contributed by atoms with Crippen LogP contribution in [-0.4, -0.2) is 22.6 Å². The van der Waals surface area contributed by atoms with Crippen LogP contribution >= 0.6 is 0 Å². The van der Waals surface area contributed by atoms with Gasteiger partial charge in [0, 0.05) is 11.5 Å². The van der Waals surface area contributed by atoms with E-state index in [1.165, 1.54) is 31.8 Å². The summed E-state index contributed by atoms with van der Waals surface area (Å²) < 4.78 is 34.8. The van der Waals surface area contributed by atoms with Crippen LogP contribution in [0.2, 0.25) is 0 Å². The molecule has 0 N–H and O–H groups in total. The maximum absolute atomic E-state index is 12.3. The quantitative estimate of drug-likeness (QED) is 0.851. The highest BCUT2D eigenvalue weighted by atomic mass is 32.2. The average molecular weight is 304 g/mol. The summed E-state index contributed by atoms with van der Waals surface area (Å²) >= 11 is 0. The molecule has 2 aromatic rings. The van der Waals surface area contributed by atoms with E-state index < -0.39 is 9.84 Å². The highest BCUT2D eigenvalue weighted by molar-refractivity contribution is 7.94. The van der Waals surface area contributed by atoms with Crippen LogP contribution in [0.1, 0.15) is 5.56 Å². The Bertz CT molecular complexity index is 734. The van der Waals surface area contributed by atoms with E-state index in [4.69, 9.17) is 9.47 Å². The van der Waals surface area contributed by atoms with Crippen molar-refractivity contribution in [3.05, 3.63) is 59.5 Å². The Kier molecular flexibility index (Phi) is 4.65. The van der Waals surface area contributed by atoms with Gasteiger partial charge in [0.15, 0.2) is 21.3 Å². The molecule has 0 atom stereocenters. The summed E-state index contributed by atoms with van der Waals surface area (Å²) in [6.45, 7) is 0. The van der Waals surface area contributed by atoms with Gasteiger partial charge in [0.1, 0.15) is 0 Å². The minimum atomic E-state index is -3.53. The van der Waals surface area contributed by atoms with E-state index >= 15 is 0 Å². The van der Waals surface area contributed by atoms with Gasteiger partial charge < -0.3 is 9.47 Å². The first-order chi connectivity index (χ1) is 10.1. The molecule has 0 saturated carbocycles. The highest BCUT2D eigenvalue weighted by Gasteiger charge is 2.14. The first-order valence-electron chi connectivity index (χ1n) is 6.27. The number of benzene rings is 2. The molecule has 0 bridgehead atoms. The zero-order valence-corrected chi connectivity index (χ0v) is 12.6. The Hall–Kier alpha value is -2.27. The van der Waals surface area contributed by atoms with Crippen molar-refractivity contribution >= 4 is 15.9 Å². The third kappa shape index (κ3) is 3.64. The van der Waals surface area contributed by atoms with Crippen LogP contribution in [0.25, 0.3) is 6.08 Å². The summed E-state index contributed by atoms with van der Waals surface area (Å²) in [5.74, 6) is 0.871. The van der Waals surface area contributed by atoms with E-state index in [2.05, 4.69) is 0 Å². The second kappa shape index (κ2) is 6.45. The molecule has 0 heterocycles. The molecule has 5 heteroatoms. The second-order valence-corrected chi connectivity index (χ2v) is 6.11. The van der Waals surface area contributed by atoms with Gasteiger partial charge in [-0.05, 0) is 23.8 Å². The molecule has 0 radical (unpaired) electrons. The minimum absolute atomic E-state index is 0.160. The summed E-state index contributed by atoms with van der Waals surface area (Å²) in [7, 11) is -0.565. The van der Waals surface area contributed by atoms with Crippen molar-refractivity contribution in [3.8, 4) is 11.5 Å². The molecule has 0 unspecified atom stereocenters. The number of hydrogen-bond acceptors (Lipinski definition) is 4. The Labute approximate surface area is 124 Å². The standard InChI is InChI=1S/C16H16O4S/c1-19-15-9-8-14(12-16(15)20-2)21(17,18)11-10-13-6-4-3-5-7-13/h3-12H,1-2H3/b11-10+. The van der Waals surface area contributed by atoms with Crippen molar-refractivity contribution in [3.63, 3.8) is 0 Å². The van der Waals surface area contributed by atoms with Crippen LogP contribution in [0.4, 0.5) is 0 Å². The largest absolute Gasteiger partial charge is 0.493 e. The summed E-state index contributed by atoms with van der Waals surface area (Å²) in [4.78, 5) is 0.160. The predicted molar refractivity (Wildman–Crippen MR) is 82.2 cm³/mol. The molecule has 21 heavy (non-hydrogen) atoms. The van der Waals surface area contributed by atoms with Gasteiger partial charge in [0.2, 0.25) is 0 Å². The van der Waals surface area contributed by atoms with Crippen LogP contribution in [0, 0.1) is 0 Å². The van der Waals surface area contributed by atoms with Crippen molar-refractivity contribution in [1.29, 1.82) is 0 Å². The molecule has 110 valence electrons. The van der Waals surface area contributed by atoms with Gasteiger partial charge in [0.05, 0.1) is 19.1 Å². The molecule has 0 aliphatic rings. The fourth-order valence-electron chi connectivity index (χ4n) is 1.80. The SMILES string of the molecule is COc1ccc(S(=O)(=O)/C=C/c2ccccc2)cc1OC. The average Bonchev–Trinajstić information content (AvgIpc) is 2.53. The number of ether oxygens (including phenoxy) is 2. The van der Waals surface area contributed by atoms with Crippen molar-refractivity contribution < 1.29 is 17.9 Å². The lowest BCUT2D eigenvalue weighted by atomic mass is 10.2. The zero-order chi connectivity index (χ0) is 15.3. The predicted octanol–water partition coefficient (Wildman–Crippen LogP) is 3.15.